The second-order valence-electron chi connectivity index (χ2n) is 6.65. The predicted octanol–water partition coefficient (Wildman–Crippen LogP) is 4.11. The van der Waals surface area contributed by atoms with Gasteiger partial charge in [-0.2, -0.15) is 0 Å². The number of carbonyl (C=O) groups is 1. The van der Waals surface area contributed by atoms with Gasteiger partial charge in [0.1, 0.15) is 0 Å². The van der Waals surface area contributed by atoms with Gasteiger partial charge in [0, 0.05) is 21.2 Å². The third-order valence-electron chi connectivity index (χ3n) is 5.23. The standard InChI is InChI=1S/C17H23IN2O.ClH/c1-10-7-14(18)5-6-15(10)20-17(21)13-8-11-3-2-4-12(9-13)16(11)19;/h5-7,11-13,16H,2-4,8-9,19H2,1H3,(H,20,21);1H. The van der Waals surface area contributed by atoms with Crippen molar-refractivity contribution in [1.82, 2.24) is 0 Å². The van der Waals surface area contributed by atoms with E-state index in [0.29, 0.717) is 17.9 Å². The summed E-state index contributed by atoms with van der Waals surface area (Å²) in [6, 6.07) is 6.46. The van der Waals surface area contributed by atoms with Gasteiger partial charge >= 0.3 is 0 Å². The van der Waals surface area contributed by atoms with E-state index >= 15 is 0 Å². The number of nitrogens with one attached hydrogen (secondary N) is 1. The molecule has 0 aliphatic heterocycles. The first kappa shape index (κ1) is 18.0. The second kappa shape index (κ2) is 7.49. The van der Waals surface area contributed by atoms with Crippen LogP contribution >= 0.6 is 35.0 Å². The first-order valence-corrected chi connectivity index (χ1v) is 8.95. The molecule has 3 nitrogen and oxygen atoms in total. The maximum Gasteiger partial charge on any atom is 0.227 e. The van der Waals surface area contributed by atoms with Crippen molar-refractivity contribution in [3.8, 4) is 0 Å². The minimum absolute atomic E-state index is 0. The van der Waals surface area contributed by atoms with Crippen molar-refractivity contribution in [3.63, 3.8) is 0 Å². The van der Waals surface area contributed by atoms with E-state index in [2.05, 4.69) is 34.0 Å². The van der Waals surface area contributed by atoms with Crippen molar-refractivity contribution in [2.24, 2.45) is 23.5 Å². The summed E-state index contributed by atoms with van der Waals surface area (Å²) in [4.78, 5) is 12.6. The van der Waals surface area contributed by atoms with E-state index in [0.717, 1.165) is 24.1 Å². The van der Waals surface area contributed by atoms with Crippen molar-refractivity contribution >= 4 is 46.6 Å². The monoisotopic (exact) mass is 434 g/mol. The highest BCUT2D eigenvalue weighted by Crippen LogP contribution is 2.42. The van der Waals surface area contributed by atoms with E-state index in [1.54, 1.807) is 0 Å². The third kappa shape index (κ3) is 3.77. The number of anilines is 1. The zero-order valence-corrected chi connectivity index (χ0v) is 15.8. The van der Waals surface area contributed by atoms with Gasteiger partial charge in [-0.3, -0.25) is 4.79 Å². The number of hydrogen-bond donors (Lipinski definition) is 2. The molecule has 0 aromatic heterocycles. The molecule has 2 aliphatic carbocycles. The summed E-state index contributed by atoms with van der Waals surface area (Å²) in [5, 5.41) is 3.13. The van der Waals surface area contributed by atoms with Gasteiger partial charge in [0.15, 0.2) is 0 Å². The Morgan fingerprint density at radius 1 is 1.27 bits per heavy atom. The van der Waals surface area contributed by atoms with E-state index in [4.69, 9.17) is 5.73 Å². The molecule has 0 spiro atoms. The molecule has 2 aliphatic rings. The molecule has 5 heteroatoms. The largest absolute Gasteiger partial charge is 0.327 e. The summed E-state index contributed by atoms with van der Waals surface area (Å²) >= 11 is 2.29. The number of amides is 1. The fourth-order valence-electron chi connectivity index (χ4n) is 4.01. The molecule has 1 aromatic carbocycles. The van der Waals surface area contributed by atoms with Crippen LogP contribution in [0, 0.1) is 28.2 Å². The van der Waals surface area contributed by atoms with Gasteiger partial charge in [-0.1, -0.05) is 6.42 Å². The summed E-state index contributed by atoms with van der Waals surface area (Å²) in [5.74, 6) is 1.42. The van der Waals surface area contributed by atoms with Crippen LogP contribution in [-0.4, -0.2) is 11.9 Å². The molecule has 0 saturated heterocycles. The molecule has 0 heterocycles. The lowest BCUT2D eigenvalue weighted by atomic mass is 9.65. The Balaban J connectivity index is 0.00000176. The van der Waals surface area contributed by atoms with Gasteiger partial charge < -0.3 is 11.1 Å². The van der Waals surface area contributed by atoms with E-state index in [9.17, 15) is 4.79 Å². The number of aryl methyl sites for hydroxylation is 1. The van der Waals surface area contributed by atoms with Gasteiger partial charge in [-0.15, -0.1) is 12.4 Å². The summed E-state index contributed by atoms with van der Waals surface area (Å²) < 4.78 is 1.20. The number of halogens is 2. The molecule has 122 valence electrons. The van der Waals surface area contributed by atoms with Crippen LogP contribution < -0.4 is 11.1 Å². The number of nitrogens with two attached hydrogens (primary N) is 1. The Morgan fingerprint density at radius 3 is 2.50 bits per heavy atom. The molecule has 1 amide bonds. The molecule has 3 rings (SSSR count). The minimum atomic E-state index is 0. The van der Waals surface area contributed by atoms with Crippen LogP contribution in [0.4, 0.5) is 5.69 Å². The van der Waals surface area contributed by atoms with E-state index in [1.807, 2.05) is 19.1 Å². The predicted molar refractivity (Wildman–Crippen MR) is 101 cm³/mol. The SMILES string of the molecule is Cc1cc(I)ccc1NC(=O)C1CC2CCCC(C1)C2N.Cl. The number of fused-ring (bicyclic) bond motifs is 2. The van der Waals surface area contributed by atoms with Crippen molar-refractivity contribution < 1.29 is 4.79 Å². The molecule has 2 unspecified atom stereocenters. The average Bonchev–Trinajstić information content (AvgIpc) is 2.41. The summed E-state index contributed by atoms with van der Waals surface area (Å²) in [6.07, 6.45) is 5.61. The van der Waals surface area contributed by atoms with E-state index in [1.165, 1.54) is 22.8 Å². The summed E-state index contributed by atoms with van der Waals surface area (Å²) in [6.45, 7) is 2.04. The van der Waals surface area contributed by atoms with Crippen molar-refractivity contribution in [2.75, 3.05) is 5.32 Å². The van der Waals surface area contributed by atoms with Gasteiger partial charge in [0.2, 0.25) is 5.91 Å². The Hall–Kier alpha value is -0.330. The fraction of sp³-hybridized carbons (Fsp3) is 0.588. The molecule has 0 radical (unpaired) electrons. The Labute approximate surface area is 152 Å². The zero-order valence-electron chi connectivity index (χ0n) is 12.8. The lowest BCUT2D eigenvalue weighted by Crippen LogP contribution is -2.48. The van der Waals surface area contributed by atoms with Crippen LogP contribution in [0.25, 0.3) is 0 Å². The van der Waals surface area contributed by atoms with Crippen LogP contribution in [0.2, 0.25) is 0 Å². The highest BCUT2D eigenvalue weighted by atomic mass is 127. The second-order valence-corrected chi connectivity index (χ2v) is 7.89. The molecule has 3 N–H and O–H groups in total. The molecule has 2 bridgehead atoms. The number of carbonyl (C=O) groups excluding carboxylic acids is 1. The quantitative estimate of drug-likeness (QED) is 0.688. The van der Waals surface area contributed by atoms with Crippen LogP contribution in [0.5, 0.6) is 0 Å². The van der Waals surface area contributed by atoms with Gasteiger partial charge in [-0.25, -0.2) is 0 Å². The lowest BCUT2D eigenvalue weighted by molar-refractivity contribution is -0.122. The highest BCUT2D eigenvalue weighted by molar-refractivity contribution is 14.1. The molecular formula is C17H24ClIN2O. The van der Waals surface area contributed by atoms with Crippen molar-refractivity contribution in [2.45, 2.75) is 45.1 Å². The first-order chi connectivity index (χ1) is 10.0. The Bertz CT molecular complexity index is 537. The van der Waals surface area contributed by atoms with Crippen molar-refractivity contribution in [3.05, 3.63) is 27.3 Å². The maximum atomic E-state index is 12.6. The van der Waals surface area contributed by atoms with E-state index < -0.39 is 0 Å². The highest BCUT2D eigenvalue weighted by Gasteiger charge is 2.40. The Kier molecular flexibility index (Phi) is 6.14. The molecule has 22 heavy (non-hydrogen) atoms. The zero-order chi connectivity index (χ0) is 15.0. The summed E-state index contributed by atoms with van der Waals surface area (Å²) in [7, 11) is 0. The number of hydrogen-bond acceptors (Lipinski definition) is 2. The molecule has 2 atom stereocenters. The maximum absolute atomic E-state index is 12.6. The lowest BCUT2D eigenvalue weighted by Gasteiger charge is -2.43. The molecule has 1 aromatic rings. The molecule has 2 saturated carbocycles. The van der Waals surface area contributed by atoms with Crippen LogP contribution in [-0.2, 0) is 4.79 Å². The van der Waals surface area contributed by atoms with Gasteiger partial charge in [0.25, 0.3) is 0 Å². The fourth-order valence-corrected chi connectivity index (χ4v) is 4.65. The number of rotatable bonds is 2. The third-order valence-corrected chi connectivity index (χ3v) is 5.90. The Morgan fingerprint density at radius 2 is 1.91 bits per heavy atom. The van der Waals surface area contributed by atoms with Crippen LogP contribution in [0.15, 0.2) is 18.2 Å². The van der Waals surface area contributed by atoms with Crippen LogP contribution in [0.1, 0.15) is 37.7 Å². The van der Waals surface area contributed by atoms with Crippen molar-refractivity contribution in [1.29, 1.82) is 0 Å². The number of benzene rings is 1. The van der Waals surface area contributed by atoms with Gasteiger partial charge in [-0.05, 0) is 90.8 Å². The normalized spacial score (nSPS) is 30.3. The van der Waals surface area contributed by atoms with Crippen LogP contribution in [0.3, 0.4) is 0 Å². The smallest absolute Gasteiger partial charge is 0.227 e. The first-order valence-electron chi connectivity index (χ1n) is 7.87. The average molecular weight is 435 g/mol. The molecular weight excluding hydrogens is 411 g/mol. The summed E-state index contributed by atoms with van der Waals surface area (Å²) in [5.41, 5.74) is 8.38. The topological polar surface area (TPSA) is 55.1 Å². The van der Waals surface area contributed by atoms with Gasteiger partial charge in [0.05, 0.1) is 0 Å². The molecule has 2 fully saturated rings. The minimum Gasteiger partial charge on any atom is -0.327 e. The van der Waals surface area contributed by atoms with E-state index in [-0.39, 0.29) is 24.2 Å².